The molecule has 0 saturated carbocycles. The minimum absolute atomic E-state index is 0.0625. The van der Waals surface area contributed by atoms with Crippen LogP contribution in [0.4, 0.5) is 20.2 Å². The van der Waals surface area contributed by atoms with Crippen molar-refractivity contribution in [2.75, 3.05) is 10.0 Å². The van der Waals surface area contributed by atoms with Crippen LogP contribution >= 0.6 is 11.8 Å². The van der Waals surface area contributed by atoms with Crippen LogP contribution in [0.3, 0.4) is 0 Å². The van der Waals surface area contributed by atoms with Crippen LogP contribution in [0.15, 0.2) is 70.7 Å². The first-order valence-electron chi connectivity index (χ1n) is 8.21. The number of amides is 1. The number of carbonyl (C=O) groups excluding carboxylic acids is 1. The van der Waals surface area contributed by atoms with Crippen molar-refractivity contribution in [2.45, 2.75) is 15.5 Å². The maximum absolute atomic E-state index is 12.6. The number of rotatable bonds is 7. The topological polar surface area (TPSA) is 93.1 Å². The van der Waals surface area contributed by atoms with E-state index in [9.17, 15) is 22.0 Å². The van der Waals surface area contributed by atoms with E-state index in [-0.39, 0.29) is 10.6 Å². The van der Waals surface area contributed by atoms with Crippen LogP contribution in [0.5, 0.6) is 0 Å². The van der Waals surface area contributed by atoms with Gasteiger partial charge in [-0.1, -0.05) is 17.8 Å². The Morgan fingerprint density at radius 3 is 2.48 bits per heavy atom. The van der Waals surface area contributed by atoms with Crippen LogP contribution in [0, 0.1) is 0 Å². The summed E-state index contributed by atoms with van der Waals surface area (Å²) in [7, 11) is -2.27. The molecule has 2 aromatic carbocycles. The van der Waals surface area contributed by atoms with Crippen molar-refractivity contribution in [3.8, 4) is 0 Å². The van der Waals surface area contributed by atoms with Crippen molar-refractivity contribution in [3.05, 3.63) is 66.5 Å². The zero-order valence-corrected chi connectivity index (χ0v) is 16.7. The first-order valence-corrected chi connectivity index (χ1v) is 10.6. The standard InChI is InChI=1S/C18H16F2N4O3S2/c1-24-11-12(10-21-24)17(25)22-14-3-2-4-16(9-14)29(26,27)23-13-5-7-15(8-6-13)28-18(19)20/h2-11,18,23H,1H3,(H,22,25). The number of alkyl halides is 2. The van der Waals surface area contributed by atoms with Crippen molar-refractivity contribution in [1.29, 1.82) is 0 Å². The third-order valence-electron chi connectivity index (χ3n) is 3.70. The Morgan fingerprint density at radius 1 is 1.14 bits per heavy atom. The van der Waals surface area contributed by atoms with Gasteiger partial charge in [-0.25, -0.2) is 8.42 Å². The molecule has 0 aliphatic rings. The molecule has 152 valence electrons. The predicted octanol–water partition coefficient (Wildman–Crippen LogP) is 3.79. The van der Waals surface area contributed by atoms with Gasteiger partial charge in [0, 0.05) is 29.5 Å². The fourth-order valence-corrected chi connectivity index (χ4v) is 4.00. The van der Waals surface area contributed by atoms with E-state index in [0.29, 0.717) is 27.9 Å². The summed E-state index contributed by atoms with van der Waals surface area (Å²) in [5, 5.41) is 6.53. The molecule has 2 N–H and O–H groups in total. The molecular weight excluding hydrogens is 422 g/mol. The molecule has 0 radical (unpaired) electrons. The van der Waals surface area contributed by atoms with Gasteiger partial charge in [-0.05, 0) is 42.5 Å². The van der Waals surface area contributed by atoms with E-state index >= 15 is 0 Å². The van der Waals surface area contributed by atoms with Gasteiger partial charge < -0.3 is 5.32 Å². The minimum atomic E-state index is -3.94. The number of nitrogens with one attached hydrogen (secondary N) is 2. The third-order valence-corrected chi connectivity index (χ3v) is 5.80. The summed E-state index contributed by atoms with van der Waals surface area (Å²) in [4.78, 5) is 12.5. The molecule has 1 aromatic heterocycles. The second kappa shape index (κ2) is 8.62. The highest BCUT2D eigenvalue weighted by molar-refractivity contribution is 7.99. The van der Waals surface area contributed by atoms with Gasteiger partial charge in [-0.15, -0.1) is 0 Å². The lowest BCUT2D eigenvalue weighted by Crippen LogP contribution is -2.15. The van der Waals surface area contributed by atoms with Crippen LogP contribution in [0.1, 0.15) is 10.4 Å². The number of sulfonamides is 1. The molecule has 0 aliphatic heterocycles. The van der Waals surface area contributed by atoms with Crippen LogP contribution in [0.25, 0.3) is 0 Å². The Hall–Kier alpha value is -2.92. The number of aromatic nitrogens is 2. The quantitative estimate of drug-likeness (QED) is 0.548. The molecular formula is C18H16F2N4O3S2. The number of halogens is 2. The van der Waals surface area contributed by atoms with Crippen LogP contribution in [-0.2, 0) is 17.1 Å². The molecule has 0 saturated heterocycles. The van der Waals surface area contributed by atoms with Gasteiger partial charge in [0.05, 0.1) is 16.7 Å². The van der Waals surface area contributed by atoms with E-state index in [1.54, 1.807) is 13.1 Å². The zero-order valence-electron chi connectivity index (χ0n) is 15.0. The van der Waals surface area contributed by atoms with Gasteiger partial charge in [-0.2, -0.15) is 13.9 Å². The van der Waals surface area contributed by atoms with Gasteiger partial charge in [0.2, 0.25) is 0 Å². The Balaban J connectivity index is 1.73. The Labute approximate surface area is 170 Å². The monoisotopic (exact) mass is 438 g/mol. The number of anilines is 2. The number of nitrogens with zero attached hydrogens (tertiary/aromatic N) is 2. The van der Waals surface area contributed by atoms with Crippen molar-refractivity contribution >= 4 is 39.1 Å². The maximum atomic E-state index is 12.6. The molecule has 1 amide bonds. The lowest BCUT2D eigenvalue weighted by atomic mass is 10.3. The maximum Gasteiger partial charge on any atom is 0.288 e. The highest BCUT2D eigenvalue weighted by Gasteiger charge is 2.16. The van der Waals surface area contributed by atoms with E-state index in [4.69, 9.17) is 0 Å². The summed E-state index contributed by atoms with van der Waals surface area (Å²) in [6.07, 6.45) is 2.93. The highest BCUT2D eigenvalue weighted by atomic mass is 32.2. The van der Waals surface area contributed by atoms with Crippen LogP contribution in [0.2, 0.25) is 0 Å². The Morgan fingerprint density at radius 2 is 1.86 bits per heavy atom. The van der Waals surface area contributed by atoms with E-state index in [1.165, 1.54) is 59.5 Å². The summed E-state index contributed by atoms with van der Waals surface area (Å²) in [6, 6.07) is 11.4. The van der Waals surface area contributed by atoms with E-state index in [0.717, 1.165) is 0 Å². The van der Waals surface area contributed by atoms with E-state index in [2.05, 4.69) is 15.1 Å². The molecule has 0 atom stereocenters. The lowest BCUT2D eigenvalue weighted by molar-refractivity contribution is 0.102. The molecule has 7 nitrogen and oxygen atoms in total. The number of hydrogen-bond acceptors (Lipinski definition) is 5. The molecule has 3 aromatic rings. The van der Waals surface area contributed by atoms with E-state index < -0.39 is 21.7 Å². The molecule has 0 spiro atoms. The predicted molar refractivity (Wildman–Crippen MR) is 107 cm³/mol. The van der Waals surface area contributed by atoms with Crippen molar-refractivity contribution in [3.63, 3.8) is 0 Å². The molecule has 0 bridgehead atoms. The summed E-state index contributed by atoms with van der Waals surface area (Å²) in [5.41, 5.74) is 0.861. The fraction of sp³-hybridized carbons (Fsp3) is 0.111. The zero-order chi connectivity index (χ0) is 21.0. The normalized spacial score (nSPS) is 11.4. The number of hydrogen-bond donors (Lipinski definition) is 2. The van der Waals surface area contributed by atoms with Crippen molar-refractivity contribution in [2.24, 2.45) is 7.05 Å². The molecule has 1 heterocycles. The smallest absolute Gasteiger partial charge is 0.288 e. The van der Waals surface area contributed by atoms with Gasteiger partial charge in [0.15, 0.2) is 0 Å². The molecule has 11 heteroatoms. The first-order chi connectivity index (χ1) is 13.7. The lowest BCUT2D eigenvalue weighted by Gasteiger charge is -2.10. The second-order valence-corrected chi connectivity index (χ2v) is 8.64. The Kier molecular flexibility index (Phi) is 6.18. The van der Waals surface area contributed by atoms with Gasteiger partial charge in [-0.3, -0.25) is 14.2 Å². The number of benzene rings is 2. The molecule has 3 rings (SSSR count). The summed E-state index contributed by atoms with van der Waals surface area (Å²) >= 11 is 0.372. The molecule has 0 fully saturated rings. The third kappa shape index (κ3) is 5.55. The van der Waals surface area contributed by atoms with Crippen molar-refractivity contribution in [1.82, 2.24) is 9.78 Å². The van der Waals surface area contributed by atoms with E-state index in [1.807, 2.05) is 0 Å². The van der Waals surface area contributed by atoms with Crippen LogP contribution in [-0.4, -0.2) is 29.9 Å². The second-order valence-electron chi connectivity index (χ2n) is 5.89. The highest BCUT2D eigenvalue weighted by Crippen LogP contribution is 2.27. The minimum Gasteiger partial charge on any atom is -0.322 e. The Bertz CT molecular complexity index is 1120. The first kappa shape index (κ1) is 20.8. The summed E-state index contributed by atoms with van der Waals surface area (Å²) in [5.74, 6) is -2.98. The molecule has 0 aliphatic carbocycles. The van der Waals surface area contributed by atoms with Crippen LogP contribution < -0.4 is 10.0 Å². The molecule has 29 heavy (non-hydrogen) atoms. The molecule has 0 unspecified atom stereocenters. The van der Waals surface area contributed by atoms with Crippen molar-refractivity contribution < 1.29 is 22.0 Å². The van der Waals surface area contributed by atoms with Gasteiger partial charge in [0.1, 0.15) is 0 Å². The average molecular weight is 438 g/mol. The largest absolute Gasteiger partial charge is 0.322 e. The summed E-state index contributed by atoms with van der Waals surface area (Å²) in [6.45, 7) is 0. The fourth-order valence-electron chi connectivity index (χ4n) is 2.40. The SMILES string of the molecule is Cn1cc(C(=O)Nc2cccc(S(=O)(=O)Nc3ccc(SC(F)F)cc3)c2)cn1. The summed E-state index contributed by atoms with van der Waals surface area (Å²) < 4.78 is 53.8. The van der Waals surface area contributed by atoms with Gasteiger partial charge >= 0.3 is 0 Å². The average Bonchev–Trinajstić information content (AvgIpc) is 3.09. The van der Waals surface area contributed by atoms with Gasteiger partial charge in [0.25, 0.3) is 21.7 Å². The number of aryl methyl sites for hydroxylation is 1. The number of thioether (sulfide) groups is 1. The number of carbonyl (C=O) groups is 1.